The van der Waals surface area contributed by atoms with E-state index in [9.17, 15) is 25.0 Å². The topological polar surface area (TPSA) is 132 Å². The van der Waals surface area contributed by atoms with Gasteiger partial charge in [0.1, 0.15) is 4.88 Å². The number of non-ortho nitro benzene ring substituents is 1. The van der Waals surface area contributed by atoms with Gasteiger partial charge in [0, 0.05) is 22.7 Å². The molecule has 160 valence electrons. The van der Waals surface area contributed by atoms with Gasteiger partial charge in [-0.05, 0) is 42.0 Å². The molecule has 1 amide bonds. The molecule has 0 fully saturated rings. The normalized spacial score (nSPS) is 11.2. The number of thiophene rings is 1. The number of nitro benzene ring substituents is 1. The number of hydrogen-bond acceptors (Lipinski definition) is 9. The molecule has 0 aliphatic rings. The molecule has 2 aromatic heterocycles. The summed E-state index contributed by atoms with van der Waals surface area (Å²) >= 11 is 5.36. The summed E-state index contributed by atoms with van der Waals surface area (Å²) in [7, 11) is 0. The van der Waals surface area contributed by atoms with Crippen LogP contribution in [-0.2, 0) is 0 Å². The first-order valence-corrected chi connectivity index (χ1v) is 11.2. The van der Waals surface area contributed by atoms with Crippen molar-refractivity contribution >= 4 is 76.8 Å². The van der Waals surface area contributed by atoms with Crippen molar-refractivity contribution in [3.05, 3.63) is 89.7 Å². The van der Waals surface area contributed by atoms with E-state index < -0.39 is 15.8 Å². The SMILES string of the molecule is O=C(c1ccc([N+](=O)[O-])s1)N(/N=C/c1ccc([N+](=O)[O-])cc1)c1nc2ccc(Br)cc2s1. The fourth-order valence-corrected chi connectivity index (χ4v) is 4.84. The first-order valence-electron chi connectivity index (χ1n) is 8.75. The molecule has 0 N–H and O–H groups in total. The van der Waals surface area contributed by atoms with Crippen molar-refractivity contribution < 1.29 is 14.6 Å². The van der Waals surface area contributed by atoms with Crippen molar-refractivity contribution in [2.24, 2.45) is 5.10 Å². The van der Waals surface area contributed by atoms with Crippen molar-refractivity contribution in [3.63, 3.8) is 0 Å². The highest BCUT2D eigenvalue weighted by Crippen LogP contribution is 2.33. The number of benzene rings is 2. The number of nitro groups is 2. The van der Waals surface area contributed by atoms with E-state index in [0.29, 0.717) is 11.1 Å². The number of hydrazone groups is 1. The second-order valence-corrected chi connectivity index (χ2v) is 9.20. The molecule has 2 heterocycles. The van der Waals surface area contributed by atoms with Gasteiger partial charge in [0.15, 0.2) is 0 Å². The van der Waals surface area contributed by atoms with Crippen LogP contribution in [0.4, 0.5) is 15.8 Å². The highest BCUT2D eigenvalue weighted by Gasteiger charge is 2.24. The molecule has 0 aliphatic heterocycles. The summed E-state index contributed by atoms with van der Waals surface area (Å²) in [5.41, 5.74) is 1.11. The Bertz CT molecular complexity index is 1380. The number of anilines is 1. The summed E-state index contributed by atoms with van der Waals surface area (Å²) in [5.74, 6) is -0.584. The van der Waals surface area contributed by atoms with E-state index in [1.807, 2.05) is 12.1 Å². The van der Waals surface area contributed by atoms with Gasteiger partial charge >= 0.3 is 5.00 Å². The molecule has 10 nitrogen and oxygen atoms in total. The van der Waals surface area contributed by atoms with E-state index in [2.05, 4.69) is 26.0 Å². The average molecular weight is 532 g/mol. The van der Waals surface area contributed by atoms with Crippen LogP contribution < -0.4 is 5.01 Å². The van der Waals surface area contributed by atoms with Crippen LogP contribution in [0.15, 0.2) is 64.2 Å². The Morgan fingerprint density at radius 2 is 1.78 bits per heavy atom. The first-order chi connectivity index (χ1) is 15.3. The number of fused-ring (bicyclic) bond motifs is 1. The molecule has 0 aliphatic carbocycles. The summed E-state index contributed by atoms with van der Waals surface area (Å²) in [4.78, 5) is 38.5. The van der Waals surface area contributed by atoms with Gasteiger partial charge < -0.3 is 0 Å². The van der Waals surface area contributed by atoms with E-state index in [4.69, 9.17) is 0 Å². The number of aromatic nitrogens is 1. The lowest BCUT2D eigenvalue weighted by Gasteiger charge is -2.12. The molecule has 0 atom stereocenters. The lowest BCUT2D eigenvalue weighted by atomic mass is 10.2. The Balaban J connectivity index is 1.73. The second-order valence-electron chi connectivity index (χ2n) is 6.21. The lowest BCUT2D eigenvalue weighted by Crippen LogP contribution is -2.24. The van der Waals surface area contributed by atoms with E-state index in [1.54, 1.807) is 6.07 Å². The third-order valence-corrected chi connectivity index (χ3v) is 6.63. The van der Waals surface area contributed by atoms with Crippen LogP contribution in [0.5, 0.6) is 0 Å². The Kier molecular flexibility index (Phi) is 6.03. The second kappa shape index (κ2) is 8.90. The molecule has 4 aromatic rings. The molecule has 0 bridgehead atoms. The van der Waals surface area contributed by atoms with Crippen molar-refractivity contribution in [1.82, 2.24) is 4.98 Å². The molecule has 4 rings (SSSR count). The van der Waals surface area contributed by atoms with Gasteiger partial charge in [-0.2, -0.15) is 10.1 Å². The van der Waals surface area contributed by atoms with Crippen molar-refractivity contribution in [1.29, 1.82) is 0 Å². The highest BCUT2D eigenvalue weighted by atomic mass is 79.9. The van der Waals surface area contributed by atoms with Crippen LogP contribution in [0.2, 0.25) is 0 Å². The van der Waals surface area contributed by atoms with Gasteiger partial charge in [-0.15, -0.1) is 0 Å². The number of amides is 1. The largest absolute Gasteiger partial charge is 0.324 e. The summed E-state index contributed by atoms with van der Waals surface area (Å²) in [5, 5.41) is 27.3. The van der Waals surface area contributed by atoms with Gasteiger partial charge in [-0.1, -0.05) is 38.6 Å². The van der Waals surface area contributed by atoms with Crippen LogP contribution in [0.25, 0.3) is 10.2 Å². The fraction of sp³-hybridized carbons (Fsp3) is 0. The monoisotopic (exact) mass is 531 g/mol. The van der Waals surface area contributed by atoms with Crippen LogP contribution in [-0.4, -0.2) is 27.0 Å². The predicted molar refractivity (Wildman–Crippen MR) is 126 cm³/mol. The first kappa shape index (κ1) is 21.7. The van der Waals surface area contributed by atoms with Gasteiger partial charge in [-0.25, -0.2) is 4.98 Å². The fourth-order valence-electron chi connectivity index (χ4n) is 2.62. The molecule has 0 saturated heterocycles. The highest BCUT2D eigenvalue weighted by molar-refractivity contribution is 9.10. The number of rotatable bonds is 6. The van der Waals surface area contributed by atoms with Crippen LogP contribution >= 0.6 is 38.6 Å². The van der Waals surface area contributed by atoms with Crippen molar-refractivity contribution in [2.45, 2.75) is 0 Å². The molecule has 13 heteroatoms. The number of carbonyl (C=O) groups excluding carboxylic acids is 1. The predicted octanol–water partition coefficient (Wildman–Crippen LogP) is 5.62. The zero-order valence-corrected chi connectivity index (χ0v) is 19.0. The summed E-state index contributed by atoms with van der Waals surface area (Å²) in [6.07, 6.45) is 1.37. The minimum atomic E-state index is -0.584. The van der Waals surface area contributed by atoms with Gasteiger partial charge in [0.2, 0.25) is 5.13 Å². The lowest BCUT2D eigenvalue weighted by molar-refractivity contribution is -0.384. The average Bonchev–Trinajstić information content (AvgIpc) is 3.41. The standard InChI is InChI=1S/C19H10BrN5O5S2/c20-12-3-6-14-16(9-12)32-19(22-14)23(18(26)15-7-8-17(31-15)25(29)30)21-10-11-1-4-13(5-2-11)24(27)28/h1-10H/b21-10+. The van der Waals surface area contributed by atoms with E-state index in [0.717, 1.165) is 25.5 Å². The van der Waals surface area contributed by atoms with Crippen molar-refractivity contribution in [3.8, 4) is 0 Å². The van der Waals surface area contributed by atoms with Crippen molar-refractivity contribution in [2.75, 3.05) is 5.01 Å². The summed E-state index contributed by atoms with van der Waals surface area (Å²) in [6.45, 7) is 0. The minimum absolute atomic E-state index is 0.0715. The smallest absolute Gasteiger partial charge is 0.266 e. The number of hydrogen-bond donors (Lipinski definition) is 0. The summed E-state index contributed by atoms with van der Waals surface area (Å²) in [6, 6.07) is 13.7. The van der Waals surface area contributed by atoms with Crippen LogP contribution in [0.3, 0.4) is 0 Å². The molecular weight excluding hydrogens is 522 g/mol. The third-order valence-electron chi connectivity index (χ3n) is 4.12. The molecule has 32 heavy (non-hydrogen) atoms. The maximum absolute atomic E-state index is 13.2. The third kappa shape index (κ3) is 4.54. The maximum atomic E-state index is 13.2. The molecule has 0 spiro atoms. The zero-order valence-electron chi connectivity index (χ0n) is 15.7. The van der Waals surface area contributed by atoms with Gasteiger partial charge in [0.25, 0.3) is 11.6 Å². The Labute approximate surface area is 195 Å². The Morgan fingerprint density at radius 1 is 1.03 bits per heavy atom. The van der Waals surface area contributed by atoms with E-state index >= 15 is 0 Å². The maximum Gasteiger partial charge on any atom is 0.324 e. The Morgan fingerprint density at radius 3 is 2.44 bits per heavy atom. The molecule has 0 unspecified atom stereocenters. The van der Waals surface area contributed by atoms with Gasteiger partial charge in [0.05, 0.1) is 26.3 Å². The molecule has 0 radical (unpaired) electrons. The number of nitrogens with zero attached hydrogens (tertiary/aromatic N) is 5. The van der Waals surface area contributed by atoms with Gasteiger partial charge in [-0.3, -0.25) is 25.0 Å². The molecule has 2 aromatic carbocycles. The minimum Gasteiger partial charge on any atom is -0.266 e. The van der Waals surface area contributed by atoms with Crippen LogP contribution in [0, 0.1) is 20.2 Å². The number of carbonyl (C=O) groups is 1. The Hall–Kier alpha value is -3.55. The van der Waals surface area contributed by atoms with Crippen LogP contribution in [0.1, 0.15) is 15.2 Å². The number of thiazole rings is 1. The van der Waals surface area contributed by atoms with E-state index in [-0.39, 0.29) is 20.7 Å². The molecule has 0 saturated carbocycles. The number of halogens is 1. The quantitative estimate of drug-likeness (QED) is 0.180. The van der Waals surface area contributed by atoms with E-state index in [1.165, 1.54) is 53.9 Å². The summed E-state index contributed by atoms with van der Waals surface area (Å²) < 4.78 is 1.66. The molecular formula is C19H10BrN5O5S2. The zero-order chi connectivity index (χ0) is 22.8.